The second-order valence-electron chi connectivity index (χ2n) is 3.71. The normalized spacial score (nSPS) is 11.6. The number of aryl methyl sites for hydroxylation is 1. The number of nitrogen functional groups attached to an aromatic ring is 1. The van der Waals surface area contributed by atoms with Crippen LogP contribution in [0.15, 0.2) is 23.1 Å². The minimum absolute atomic E-state index is 0.0640. The maximum absolute atomic E-state index is 11.9. The molecule has 0 spiro atoms. The Kier molecular flexibility index (Phi) is 4.32. The van der Waals surface area contributed by atoms with Crippen LogP contribution in [0.3, 0.4) is 0 Å². The van der Waals surface area contributed by atoms with Crippen LogP contribution >= 0.6 is 0 Å². The highest BCUT2D eigenvalue weighted by molar-refractivity contribution is 7.91. The van der Waals surface area contributed by atoms with Crippen molar-refractivity contribution in [2.24, 2.45) is 0 Å². The molecule has 16 heavy (non-hydrogen) atoms. The van der Waals surface area contributed by atoms with Crippen LogP contribution in [0.1, 0.15) is 12.0 Å². The highest BCUT2D eigenvalue weighted by atomic mass is 32.2. The third-order valence-corrected chi connectivity index (χ3v) is 4.12. The first kappa shape index (κ1) is 13.0. The summed E-state index contributed by atoms with van der Waals surface area (Å²) in [6, 6.07) is 5.03. The van der Waals surface area contributed by atoms with Crippen molar-refractivity contribution in [2.45, 2.75) is 18.2 Å². The van der Waals surface area contributed by atoms with Crippen LogP contribution in [0.25, 0.3) is 0 Å². The third-order valence-electron chi connectivity index (χ3n) is 2.27. The standard InChI is InChI=1S/C11H17NO3S/c1-9-4-5-10(12)11(8-9)16(13,14)7-3-6-15-2/h4-5,8H,3,6-7,12H2,1-2H3. The Balaban J connectivity index is 2.93. The Labute approximate surface area is 96.3 Å². The van der Waals surface area contributed by atoms with Crippen LogP contribution in [0, 0.1) is 6.92 Å². The third kappa shape index (κ3) is 3.21. The first-order valence-corrected chi connectivity index (χ1v) is 6.70. The summed E-state index contributed by atoms with van der Waals surface area (Å²) in [6.07, 6.45) is 0.478. The highest BCUT2D eigenvalue weighted by Crippen LogP contribution is 2.21. The molecule has 0 saturated heterocycles. The molecule has 90 valence electrons. The molecule has 4 nitrogen and oxygen atoms in total. The second-order valence-corrected chi connectivity index (χ2v) is 5.78. The molecular formula is C11H17NO3S. The van der Waals surface area contributed by atoms with E-state index in [-0.39, 0.29) is 10.6 Å². The summed E-state index contributed by atoms with van der Waals surface area (Å²) in [4.78, 5) is 0.226. The van der Waals surface area contributed by atoms with Crippen LogP contribution in [0.2, 0.25) is 0 Å². The minimum atomic E-state index is -3.29. The molecule has 0 radical (unpaired) electrons. The van der Waals surface area contributed by atoms with Gasteiger partial charge in [0.1, 0.15) is 0 Å². The van der Waals surface area contributed by atoms with Crippen LogP contribution in [-0.2, 0) is 14.6 Å². The summed E-state index contributed by atoms with van der Waals surface area (Å²) in [5.41, 5.74) is 6.87. The van der Waals surface area contributed by atoms with Crippen LogP contribution < -0.4 is 5.73 Å². The predicted octanol–water partition coefficient (Wildman–Crippen LogP) is 1.39. The fourth-order valence-corrected chi connectivity index (χ4v) is 2.92. The van der Waals surface area contributed by atoms with E-state index in [1.54, 1.807) is 25.3 Å². The van der Waals surface area contributed by atoms with Gasteiger partial charge >= 0.3 is 0 Å². The van der Waals surface area contributed by atoms with Crippen LogP contribution in [0.5, 0.6) is 0 Å². The molecule has 0 amide bonds. The van der Waals surface area contributed by atoms with Crippen LogP contribution in [-0.4, -0.2) is 27.9 Å². The molecule has 0 atom stereocenters. The maximum Gasteiger partial charge on any atom is 0.180 e. The molecule has 1 rings (SSSR count). The number of hydrogen-bond donors (Lipinski definition) is 1. The molecule has 0 unspecified atom stereocenters. The minimum Gasteiger partial charge on any atom is -0.398 e. The summed E-state index contributed by atoms with van der Waals surface area (Å²) >= 11 is 0. The van der Waals surface area contributed by atoms with Gasteiger partial charge in [-0.25, -0.2) is 8.42 Å². The van der Waals surface area contributed by atoms with E-state index in [9.17, 15) is 8.42 Å². The first-order valence-electron chi connectivity index (χ1n) is 5.05. The van der Waals surface area contributed by atoms with E-state index in [1.807, 2.05) is 6.92 Å². The predicted molar refractivity (Wildman–Crippen MR) is 64.1 cm³/mol. The van der Waals surface area contributed by atoms with Gasteiger partial charge in [-0.3, -0.25) is 0 Å². The van der Waals surface area contributed by atoms with Crippen LogP contribution in [0.4, 0.5) is 5.69 Å². The zero-order chi connectivity index (χ0) is 12.2. The summed E-state index contributed by atoms with van der Waals surface area (Å²) in [5.74, 6) is 0.0640. The van der Waals surface area contributed by atoms with E-state index in [0.717, 1.165) is 5.56 Å². The van der Waals surface area contributed by atoms with E-state index in [2.05, 4.69) is 0 Å². The van der Waals surface area contributed by atoms with Crippen molar-refractivity contribution >= 4 is 15.5 Å². The van der Waals surface area contributed by atoms with Crippen molar-refractivity contribution in [3.8, 4) is 0 Å². The molecule has 1 aromatic carbocycles. The van der Waals surface area contributed by atoms with Gasteiger partial charge < -0.3 is 10.5 Å². The monoisotopic (exact) mass is 243 g/mol. The smallest absolute Gasteiger partial charge is 0.180 e. The average molecular weight is 243 g/mol. The van der Waals surface area contributed by atoms with Gasteiger partial charge in [0.05, 0.1) is 16.3 Å². The maximum atomic E-state index is 11.9. The SMILES string of the molecule is COCCCS(=O)(=O)c1cc(C)ccc1N. The van der Waals surface area contributed by atoms with Crippen molar-refractivity contribution in [1.29, 1.82) is 0 Å². The lowest BCUT2D eigenvalue weighted by molar-refractivity contribution is 0.199. The largest absolute Gasteiger partial charge is 0.398 e. The van der Waals surface area contributed by atoms with Gasteiger partial charge in [-0.15, -0.1) is 0 Å². The van der Waals surface area contributed by atoms with Crippen molar-refractivity contribution in [2.75, 3.05) is 25.2 Å². The summed E-state index contributed by atoms with van der Waals surface area (Å²) in [5, 5.41) is 0. The Morgan fingerprint density at radius 1 is 1.38 bits per heavy atom. The molecular weight excluding hydrogens is 226 g/mol. The molecule has 0 aliphatic carbocycles. The van der Waals surface area contributed by atoms with Gasteiger partial charge in [-0.05, 0) is 31.0 Å². The zero-order valence-electron chi connectivity index (χ0n) is 9.56. The Morgan fingerprint density at radius 2 is 2.06 bits per heavy atom. The quantitative estimate of drug-likeness (QED) is 0.626. The summed E-state index contributed by atoms with van der Waals surface area (Å²) in [7, 11) is -1.74. The molecule has 0 bridgehead atoms. The van der Waals surface area contributed by atoms with Gasteiger partial charge in [0, 0.05) is 13.7 Å². The van der Waals surface area contributed by atoms with E-state index in [1.165, 1.54) is 0 Å². The number of hydrogen-bond acceptors (Lipinski definition) is 4. The number of nitrogens with two attached hydrogens (primary N) is 1. The zero-order valence-corrected chi connectivity index (χ0v) is 10.4. The first-order chi connectivity index (χ1) is 7.47. The number of rotatable bonds is 5. The molecule has 5 heteroatoms. The molecule has 0 heterocycles. The summed E-state index contributed by atoms with van der Waals surface area (Å²) in [6.45, 7) is 2.28. The van der Waals surface area contributed by atoms with Gasteiger partial charge in [0.25, 0.3) is 0 Å². The molecule has 1 aromatic rings. The molecule has 0 saturated carbocycles. The van der Waals surface area contributed by atoms with E-state index >= 15 is 0 Å². The Morgan fingerprint density at radius 3 is 2.69 bits per heavy atom. The average Bonchev–Trinajstić information content (AvgIpc) is 2.22. The molecule has 0 aliphatic rings. The van der Waals surface area contributed by atoms with Gasteiger partial charge in [-0.2, -0.15) is 0 Å². The fourth-order valence-electron chi connectivity index (χ4n) is 1.41. The lowest BCUT2D eigenvalue weighted by Crippen LogP contribution is -2.11. The number of methoxy groups -OCH3 is 1. The number of benzene rings is 1. The van der Waals surface area contributed by atoms with Crippen molar-refractivity contribution < 1.29 is 13.2 Å². The number of sulfone groups is 1. The van der Waals surface area contributed by atoms with Crippen molar-refractivity contribution in [3.05, 3.63) is 23.8 Å². The Bertz CT molecular complexity index is 454. The molecule has 0 aliphatic heterocycles. The number of anilines is 1. The Hall–Kier alpha value is -1.07. The molecule has 0 fully saturated rings. The van der Waals surface area contributed by atoms with Gasteiger partial charge in [-0.1, -0.05) is 6.07 Å². The van der Waals surface area contributed by atoms with Gasteiger partial charge in [0.15, 0.2) is 9.84 Å². The number of ether oxygens (including phenoxy) is 1. The van der Waals surface area contributed by atoms with E-state index in [0.29, 0.717) is 18.7 Å². The lowest BCUT2D eigenvalue weighted by atomic mass is 10.2. The second kappa shape index (κ2) is 5.32. The summed E-state index contributed by atoms with van der Waals surface area (Å²) < 4.78 is 28.7. The highest BCUT2D eigenvalue weighted by Gasteiger charge is 2.17. The van der Waals surface area contributed by atoms with E-state index < -0.39 is 9.84 Å². The van der Waals surface area contributed by atoms with Gasteiger partial charge in [0.2, 0.25) is 0 Å². The topological polar surface area (TPSA) is 69.4 Å². The molecule has 2 N–H and O–H groups in total. The molecule has 0 aromatic heterocycles. The van der Waals surface area contributed by atoms with Crippen molar-refractivity contribution in [1.82, 2.24) is 0 Å². The van der Waals surface area contributed by atoms with E-state index in [4.69, 9.17) is 10.5 Å². The fraction of sp³-hybridized carbons (Fsp3) is 0.455. The van der Waals surface area contributed by atoms with Crippen molar-refractivity contribution in [3.63, 3.8) is 0 Å². The lowest BCUT2D eigenvalue weighted by Gasteiger charge is -2.08.